The largest absolute Gasteiger partial charge is 0.454 e. The first-order chi connectivity index (χ1) is 9.10. The molecule has 4 nitrogen and oxygen atoms in total. The molecule has 1 aromatic heterocycles. The van der Waals surface area contributed by atoms with Crippen molar-refractivity contribution in [1.82, 2.24) is 9.78 Å². The van der Waals surface area contributed by atoms with Crippen LogP contribution in [-0.4, -0.2) is 14.9 Å². The molecule has 1 atom stereocenters. The first kappa shape index (κ1) is 13.5. The van der Waals surface area contributed by atoms with Crippen molar-refractivity contribution in [3.8, 4) is 11.5 Å². The van der Waals surface area contributed by atoms with E-state index in [1.807, 2.05) is 0 Å². The van der Waals surface area contributed by atoms with Crippen molar-refractivity contribution < 1.29 is 14.2 Å². The van der Waals surface area contributed by atoms with E-state index in [-0.39, 0.29) is 0 Å². The zero-order valence-corrected chi connectivity index (χ0v) is 11.0. The van der Waals surface area contributed by atoms with Gasteiger partial charge in [-0.05, 0) is 31.5 Å². The standard InChI is InChI=1S/C14H17FN2O2/c1-3-6-17-9-12(8-16-17)19-14-5-4-11(15)7-13(14)10(2)18/h4-5,7-10,18H,3,6H2,1-2H3/t10-/m0/s1. The minimum atomic E-state index is -0.795. The molecule has 19 heavy (non-hydrogen) atoms. The van der Waals surface area contributed by atoms with Gasteiger partial charge >= 0.3 is 0 Å². The Balaban J connectivity index is 2.22. The highest BCUT2D eigenvalue weighted by molar-refractivity contribution is 5.38. The summed E-state index contributed by atoms with van der Waals surface area (Å²) in [6.45, 7) is 4.45. The molecule has 0 spiro atoms. The van der Waals surface area contributed by atoms with Crippen LogP contribution < -0.4 is 4.74 Å². The van der Waals surface area contributed by atoms with Crippen molar-refractivity contribution in [3.05, 3.63) is 42.0 Å². The molecule has 102 valence electrons. The van der Waals surface area contributed by atoms with E-state index >= 15 is 0 Å². The van der Waals surface area contributed by atoms with Gasteiger partial charge < -0.3 is 9.84 Å². The van der Waals surface area contributed by atoms with E-state index < -0.39 is 11.9 Å². The second-order valence-corrected chi connectivity index (χ2v) is 4.40. The van der Waals surface area contributed by atoms with Gasteiger partial charge in [0.05, 0.1) is 18.5 Å². The van der Waals surface area contributed by atoms with E-state index in [9.17, 15) is 9.50 Å². The Morgan fingerprint density at radius 2 is 2.26 bits per heavy atom. The fourth-order valence-electron chi connectivity index (χ4n) is 1.81. The third-order valence-electron chi connectivity index (χ3n) is 2.71. The number of aliphatic hydroxyl groups is 1. The lowest BCUT2D eigenvalue weighted by molar-refractivity contribution is 0.195. The molecule has 0 fully saturated rings. The molecule has 0 unspecified atom stereocenters. The Kier molecular flexibility index (Phi) is 4.16. The molecule has 0 saturated heterocycles. The van der Waals surface area contributed by atoms with Gasteiger partial charge in [0.2, 0.25) is 0 Å². The second-order valence-electron chi connectivity index (χ2n) is 4.40. The fourth-order valence-corrected chi connectivity index (χ4v) is 1.81. The van der Waals surface area contributed by atoms with Crippen molar-refractivity contribution in [2.24, 2.45) is 0 Å². The number of nitrogens with zero attached hydrogens (tertiary/aromatic N) is 2. The van der Waals surface area contributed by atoms with Crippen LogP contribution in [-0.2, 0) is 6.54 Å². The predicted molar refractivity (Wildman–Crippen MR) is 69.6 cm³/mol. The predicted octanol–water partition coefficient (Wildman–Crippen LogP) is 3.28. The Bertz CT molecular complexity index is 552. The zero-order chi connectivity index (χ0) is 13.8. The Morgan fingerprint density at radius 1 is 1.47 bits per heavy atom. The van der Waals surface area contributed by atoms with Crippen LogP contribution in [0.25, 0.3) is 0 Å². The van der Waals surface area contributed by atoms with Gasteiger partial charge in [-0.1, -0.05) is 6.92 Å². The summed E-state index contributed by atoms with van der Waals surface area (Å²) in [6, 6.07) is 4.09. The summed E-state index contributed by atoms with van der Waals surface area (Å²) in [5.41, 5.74) is 0.420. The number of aliphatic hydroxyl groups excluding tert-OH is 1. The molecule has 0 bridgehead atoms. The molecular weight excluding hydrogens is 247 g/mol. The molecule has 2 rings (SSSR count). The molecule has 5 heteroatoms. The average Bonchev–Trinajstić information content (AvgIpc) is 2.79. The van der Waals surface area contributed by atoms with Crippen LogP contribution in [0.1, 0.15) is 31.9 Å². The quantitative estimate of drug-likeness (QED) is 0.901. The number of aryl methyl sites for hydroxylation is 1. The number of hydrogen-bond donors (Lipinski definition) is 1. The van der Waals surface area contributed by atoms with Crippen LogP contribution in [0, 0.1) is 5.82 Å². The maximum Gasteiger partial charge on any atom is 0.165 e. The summed E-state index contributed by atoms with van der Waals surface area (Å²) in [5, 5.41) is 13.8. The van der Waals surface area contributed by atoms with Crippen molar-refractivity contribution in [2.45, 2.75) is 32.9 Å². The normalized spacial score (nSPS) is 12.4. The van der Waals surface area contributed by atoms with Crippen molar-refractivity contribution >= 4 is 0 Å². The van der Waals surface area contributed by atoms with E-state index in [2.05, 4.69) is 12.0 Å². The zero-order valence-electron chi connectivity index (χ0n) is 11.0. The lowest BCUT2D eigenvalue weighted by Crippen LogP contribution is -1.97. The first-order valence-corrected chi connectivity index (χ1v) is 6.28. The summed E-state index contributed by atoms with van der Waals surface area (Å²) < 4.78 is 20.6. The third kappa shape index (κ3) is 3.32. The molecule has 0 radical (unpaired) electrons. The summed E-state index contributed by atoms with van der Waals surface area (Å²) in [5.74, 6) is 0.610. The molecule has 1 heterocycles. The molecular formula is C14H17FN2O2. The fraction of sp³-hybridized carbons (Fsp3) is 0.357. The van der Waals surface area contributed by atoms with Crippen LogP contribution in [0.2, 0.25) is 0 Å². The number of aromatic nitrogens is 2. The Labute approximate surface area is 111 Å². The van der Waals surface area contributed by atoms with Gasteiger partial charge in [0.1, 0.15) is 11.6 Å². The molecule has 0 aliphatic heterocycles. The van der Waals surface area contributed by atoms with Crippen molar-refractivity contribution in [3.63, 3.8) is 0 Å². The number of hydrogen-bond acceptors (Lipinski definition) is 3. The van der Waals surface area contributed by atoms with Crippen LogP contribution in [0.4, 0.5) is 4.39 Å². The minimum Gasteiger partial charge on any atom is -0.454 e. The summed E-state index contributed by atoms with van der Waals surface area (Å²) in [7, 11) is 0. The topological polar surface area (TPSA) is 47.3 Å². The van der Waals surface area contributed by atoms with Crippen LogP contribution in [0.3, 0.4) is 0 Å². The number of rotatable bonds is 5. The van der Waals surface area contributed by atoms with Gasteiger partial charge in [-0.2, -0.15) is 5.10 Å². The van der Waals surface area contributed by atoms with Gasteiger partial charge in [0.15, 0.2) is 5.75 Å². The summed E-state index contributed by atoms with van der Waals surface area (Å²) >= 11 is 0. The smallest absolute Gasteiger partial charge is 0.165 e. The highest BCUT2D eigenvalue weighted by Gasteiger charge is 2.12. The van der Waals surface area contributed by atoms with E-state index in [0.29, 0.717) is 17.1 Å². The van der Waals surface area contributed by atoms with Gasteiger partial charge in [0, 0.05) is 12.1 Å². The maximum absolute atomic E-state index is 13.2. The van der Waals surface area contributed by atoms with E-state index in [4.69, 9.17) is 4.74 Å². The lowest BCUT2D eigenvalue weighted by Gasteiger charge is -2.11. The highest BCUT2D eigenvalue weighted by Crippen LogP contribution is 2.30. The lowest BCUT2D eigenvalue weighted by atomic mass is 10.1. The highest BCUT2D eigenvalue weighted by atomic mass is 19.1. The summed E-state index contributed by atoms with van der Waals surface area (Å²) in [6.07, 6.45) is 3.57. The van der Waals surface area contributed by atoms with Gasteiger partial charge in [-0.15, -0.1) is 0 Å². The van der Waals surface area contributed by atoms with Gasteiger partial charge in [-0.3, -0.25) is 4.68 Å². The van der Waals surface area contributed by atoms with Crippen molar-refractivity contribution in [1.29, 1.82) is 0 Å². The SMILES string of the molecule is CCCn1cc(Oc2ccc(F)cc2[C@H](C)O)cn1. The number of ether oxygens (including phenoxy) is 1. The Morgan fingerprint density at radius 3 is 2.95 bits per heavy atom. The maximum atomic E-state index is 13.2. The molecule has 0 aliphatic carbocycles. The van der Waals surface area contributed by atoms with Gasteiger partial charge in [-0.25, -0.2) is 4.39 Å². The molecule has 1 N–H and O–H groups in total. The molecule has 1 aromatic carbocycles. The molecule has 2 aromatic rings. The van der Waals surface area contributed by atoms with E-state index in [1.54, 1.807) is 24.0 Å². The monoisotopic (exact) mass is 264 g/mol. The van der Waals surface area contributed by atoms with Gasteiger partial charge in [0.25, 0.3) is 0 Å². The second kappa shape index (κ2) is 5.84. The van der Waals surface area contributed by atoms with Crippen LogP contribution in [0.15, 0.2) is 30.6 Å². The van der Waals surface area contributed by atoms with Crippen LogP contribution in [0.5, 0.6) is 11.5 Å². The number of benzene rings is 1. The van der Waals surface area contributed by atoms with Crippen LogP contribution >= 0.6 is 0 Å². The molecule has 0 saturated carbocycles. The third-order valence-corrected chi connectivity index (χ3v) is 2.71. The van der Waals surface area contributed by atoms with Crippen molar-refractivity contribution in [2.75, 3.05) is 0 Å². The number of halogens is 1. The first-order valence-electron chi connectivity index (χ1n) is 6.28. The summed E-state index contributed by atoms with van der Waals surface area (Å²) in [4.78, 5) is 0. The average molecular weight is 264 g/mol. The van der Waals surface area contributed by atoms with E-state index in [1.165, 1.54) is 18.2 Å². The minimum absolute atomic E-state index is 0.398. The molecule has 0 aliphatic rings. The molecule has 0 amide bonds. The Hall–Kier alpha value is -1.88. The van der Waals surface area contributed by atoms with E-state index in [0.717, 1.165) is 13.0 Å².